The van der Waals surface area contributed by atoms with Crippen molar-refractivity contribution in [3.63, 3.8) is 0 Å². The lowest BCUT2D eigenvalue weighted by atomic mass is 10.1. The molecular formula is C25H30N4O3. The fourth-order valence-corrected chi connectivity index (χ4v) is 3.28. The van der Waals surface area contributed by atoms with Crippen LogP contribution in [-0.4, -0.2) is 36.6 Å². The van der Waals surface area contributed by atoms with Gasteiger partial charge in [0.1, 0.15) is 0 Å². The molecule has 3 rings (SSSR count). The van der Waals surface area contributed by atoms with E-state index in [4.69, 9.17) is 9.47 Å². The number of hydrogen-bond donors (Lipinski definition) is 2. The molecule has 0 spiro atoms. The van der Waals surface area contributed by atoms with Gasteiger partial charge in [-0.2, -0.15) is 0 Å². The third-order valence-electron chi connectivity index (χ3n) is 5.00. The first kappa shape index (κ1) is 23.1. The van der Waals surface area contributed by atoms with E-state index >= 15 is 0 Å². The molecule has 0 aliphatic heterocycles. The van der Waals surface area contributed by atoms with Crippen molar-refractivity contribution in [3.8, 4) is 22.8 Å². The highest BCUT2D eigenvalue weighted by atomic mass is 16.5. The highest BCUT2D eigenvalue weighted by Crippen LogP contribution is 2.27. The van der Waals surface area contributed by atoms with Gasteiger partial charge in [-0.15, -0.1) is 0 Å². The number of anilines is 2. The van der Waals surface area contributed by atoms with E-state index in [0.717, 1.165) is 41.8 Å². The number of aromatic nitrogens is 2. The summed E-state index contributed by atoms with van der Waals surface area (Å²) in [5.74, 6) is 2.01. The third kappa shape index (κ3) is 6.44. The Morgan fingerprint density at radius 2 is 1.88 bits per heavy atom. The number of unbranched alkanes of at least 4 members (excludes halogenated alkanes) is 1. The lowest BCUT2D eigenvalue weighted by Crippen LogP contribution is -2.11. The topological polar surface area (TPSA) is 85.4 Å². The van der Waals surface area contributed by atoms with Gasteiger partial charge in [0.05, 0.1) is 19.9 Å². The van der Waals surface area contributed by atoms with Gasteiger partial charge < -0.3 is 20.1 Å². The zero-order valence-electron chi connectivity index (χ0n) is 18.9. The van der Waals surface area contributed by atoms with Crippen LogP contribution in [0.3, 0.4) is 0 Å². The van der Waals surface area contributed by atoms with E-state index in [1.54, 1.807) is 20.4 Å². The van der Waals surface area contributed by atoms with Crippen molar-refractivity contribution in [2.75, 3.05) is 31.4 Å². The van der Waals surface area contributed by atoms with Crippen LogP contribution in [0.4, 0.5) is 11.6 Å². The van der Waals surface area contributed by atoms with Gasteiger partial charge in [0, 0.05) is 30.4 Å². The predicted molar refractivity (Wildman–Crippen MR) is 127 cm³/mol. The molecule has 0 bridgehead atoms. The maximum absolute atomic E-state index is 12.0. The molecule has 1 aromatic heterocycles. The van der Waals surface area contributed by atoms with Crippen LogP contribution >= 0.6 is 0 Å². The highest BCUT2D eigenvalue weighted by Gasteiger charge is 2.07. The summed E-state index contributed by atoms with van der Waals surface area (Å²) < 4.78 is 10.6. The molecular weight excluding hydrogens is 404 g/mol. The Balaban J connectivity index is 1.62. The quantitative estimate of drug-likeness (QED) is 0.444. The fourth-order valence-electron chi connectivity index (χ4n) is 3.28. The van der Waals surface area contributed by atoms with E-state index < -0.39 is 0 Å². The van der Waals surface area contributed by atoms with Crippen molar-refractivity contribution in [3.05, 3.63) is 60.3 Å². The lowest BCUT2D eigenvalue weighted by molar-refractivity contribution is -0.116. The number of ether oxygens (including phenoxy) is 2. The minimum Gasteiger partial charge on any atom is -0.493 e. The van der Waals surface area contributed by atoms with Gasteiger partial charge in [0.2, 0.25) is 11.9 Å². The Kier molecular flexibility index (Phi) is 8.43. The van der Waals surface area contributed by atoms with Crippen LogP contribution in [0.1, 0.15) is 31.7 Å². The number of nitrogens with one attached hydrogen (secondary N) is 2. The second-order valence-electron chi connectivity index (χ2n) is 7.36. The first-order chi connectivity index (χ1) is 15.6. The molecule has 32 heavy (non-hydrogen) atoms. The molecule has 0 fully saturated rings. The van der Waals surface area contributed by atoms with E-state index in [-0.39, 0.29) is 5.91 Å². The van der Waals surface area contributed by atoms with E-state index in [9.17, 15) is 4.79 Å². The summed E-state index contributed by atoms with van der Waals surface area (Å²) in [6, 6.07) is 15.4. The number of carbonyl (C=O) groups excluding carboxylic acids is 1. The molecule has 0 saturated carbocycles. The minimum atomic E-state index is 0.0317. The molecule has 168 valence electrons. The van der Waals surface area contributed by atoms with Gasteiger partial charge in [0.15, 0.2) is 11.5 Å². The number of hydrogen-bond acceptors (Lipinski definition) is 6. The predicted octanol–water partition coefficient (Wildman–Crippen LogP) is 4.94. The maximum Gasteiger partial charge on any atom is 0.224 e. The van der Waals surface area contributed by atoms with Crippen molar-refractivity contribution in [2.24, 2.45) is 0 Å². The Hall–Kier alpha value is -3.61. The molecule has 1 heterocycles. The molecule has 0 radical (unpaired) electrons. The standard InChI is InChI=1S/C25H30N4O3/c1-4-5-9-24(30)28-20-8-6-7-19(17-20)21-13-15-27-25(29-21)26-14-12-18-10-11-22(31-2)23(16-18)32-3/h6-8,10-11,13,15-17H,4-5,9,12,14H2,1-3H3,(H,28,30)(H,26,27,29). The van der Waals surface area contributed by atoms with Crippen molar-refractivity contribution in [1.82, 2.24) is 9.97 Å². The molecule has 7 heteroatoms. The van der Waals surface area contributed by atoms with Gasteiger partial charge in [-0.05, 0) is 48.7 Å². The zero-order chi connectivity index (χ0) is 22.8. The number of benzene rings is 2. The number of carbonyl (C=O) groups is 1. The van der Waals surface area contributed by atoms with Crippen molar-refractivity contribution in [1.29, 1.82) is 0 Å². The smallest absolute Gasteiger partial charge is 0.224 e. The molecule has 7 nitrogen and oxygen atoms in total. The molecule has 3 aromatic rings. The largest absolute Gasteiger partial charge is 0.493 e. The van der Waals surface area contributed by atoms with E-state index in [0.29, 0.717) is 30.4 Å². The molecule has 0 aliphatic carbocycles. The Bertz CT molecular complexity index is 1040. The summed E-state index contributed by atoms with van der Waals surface area (Å²) in [7, 11) is 3.25. The van der Waals surface area contributed by atoms with Crippen LogP contribution in [-0.2, 0) is 11.2 Å². The number of amides is 1. The summed E-state index contributed by atoms with van der Waals surface area (Å²) in [6.45, 7) is 2.74. The molecule has 0 aliphatic rings. The monoisotopic (exact) mass is 434 g/mol. The van der Waals surface area contributed by atoms with Gasteiger partial charge in [0.25, 0.3) is 0 Å². The molecule has 0 atom stereocenters. The lowest BCUT2D eigenvalue weighted by Gasteiger charge is -2.11. The van der Waals surface area contributed by atoms with E-state index in [1.165, 1.54) is 0 Å². The summed E-state index contributed by atoms with van der Waals surface area (Å²) in [5.41, 5.74) is 3.60. The van der Waals surface area contributed by atoms with Crippen LogP contribution in [0, 0.1) is 0 Å². The maximum atomic E-state index is 12.0. The number of methoxy groups -OCH3 is 2. The van der Waals surface area contributed by atoms with Crippen LogP contribution in [0.5, 0.6) is 11.5 Å². The van der Waals surface area contributed by atoms with Gasteiger partial charge in [-0.25, -0.2) is 9.97 Å². The Morgan fingerprint density at radius 1 is 1.03 bits per heavy atom. The van der Waals surface area contributed by atoms with Crippen molar-refractivity contribution < 1.29 is 14.3 Å². The third-order valence-corrected chi connectivity index (χ3v) is 5.00. The highest BCUT2D eigenvalue weighted by molar-refractivity contribution is 5.91. The second-order valence-corrected chi connectivity index (χ2v) is 7.36. The Labute approximate surface area is 189 Å². The number of nitrogens with zero attached hydrogens (tertiary/aromatic N) is 2. The first-order valence-electron chi connectivity index (χ1n) is 10.8. The summed E-state index contributed by atoms with van der Waals surface area (Å²) in [4.78, 5) is 21.0. The SMILES string of the molecule is CCCCC(=O)Nc1cccc(-c2ccnc(NCCc3ccc(OC)c(OC)c3)n2)c1. The molecule has 2 aromatic carbocycles. The average Bonchev–Trinajstić information content (AvgIpc) is 2.83. The van der Waals surface area contributed by atoms with Crippen LogP contribution in [0.15, 0.2) is 54.7 Å². The van der Waals surface area contributed by atoms with Crippen molar-refractivity contribution in [2.45, 2.75) is 32.6 Å². The zero-order valence-corrected chi connectivity index (χ0v) is 18.9. The Morgan fingerprint density at radius 3 is 2.66 bits per heavy atom. The van der Waals surface area contributed by atoms with E-state index in [2.05, 4.69) is 27.5 Å². The molecule has 0 unspecified atom stereocenters. The number of rotatable bonds is 11. The van der Waals surface area contributed by atoms with Gasteiger partial charge in [-0.3, -0.25) is 4.79 Å². The fraction of sp³-hybridized carbons (Fsp3) is 0.320. The summed E-state index contributed by atoms with van der Waals surface area (Å²) >= 11 is 0. The molecule has 1 amide bonds. The molecule has 0 saturated heterocycles. The van der Waals surface area contributed by atoms with Crippen LogP contribution < -0.4 is 20.1 Å². The minimum absolute atomic E-state index is 0.0317. The normalized spacial score (nSPS) is 10.5. The van der Waals surface area contributed by atoms with Gasteiger partial charge >= 0.3 is 0 Å². The van der Waals surface area contributed by atoms with E-state index in [1.807, 2.05) is 48.5 Å². The second kappa shape index (κ2) is 11.7. The van der Waals surface area contributed by atoms with Crippen LogP contribution in [0.25, 0.3) is 11.3 Å². The van der Waals surface area contributed by atoms with Crippen LogP contribution in [0.2, 0.25) is 0 Å². The van der Waals surface area contributed by atoms with Gasteiger partial charge in [-0.1, -0.05) is 31.5 Å². The summed E-state index contributed by atoms with van der Waals surface area (Å²) in [5, 5.41) is 6.23. The molecule has 2 N–H and O–H groups in total. The summed E-state index contributed by atoms with van der Waals surface area (Å²) in [6.07, 6.45) is 4.93. The average molecular weight is 435 g/mol. The first-order valence-corrected chi connectivity index (χ1v) is 10.8. The van der Waals surface area contributed by atoms with Crippen molar-refractivity contribution >= 4 is 17.5 Å².